The molecule has 182 valence electrons. The van der Waals surface area contributed by atoms with Crippen LogP contribution in [0.15, 0.2) is 72.1 Å². The normalized spacial score (nSPS) is 18.6. The van der Waals surface area contributed by atoms with Crippen molar-refractivity contribution in [2.75, 3.05) is 45.9 Å². The average Bonchev–Trinajstić information content (AvgIpc) is 3.23. The van der Waals surface area contributed by atoms with Crippen LogP contribution in [0.2, 0.25) is 0 Å². The van der Waals surface area contributed by atoms with Gasteiger partial charge in [0.1, 0.15) is 5.75 Å². The summed E-state index contributed by atoms with van der Waals surface area (Å²) in [6, 6.07) is 22.2. The monoisotopic (exact) mass is 489 g/mol. The van der Waals surface area contributed by atoms with E-state index < -0.39 is 0 Å². The third kappa shape index (κ3) is 5.57. The number of hydrogen-bond acceptors (Lipinski definition) is 5. The number of nitrogens with zero attached hydrogens (tertiary/aromatic N) is 3. The van der Waals surface area contributed by atoms with Crippen LogP contribution in [0.4, 0.5) is 0 Å². The lowest BCUT2D eigenvalue weighted by Gasteiger charge is -2.37. The minimum atomic E-state index is -0.0340. The summed E-state index contributed by atoms with van der Waals surface area (Å²) in [5, 5.41) is 2.16. The number of thiophene rings is 1. The molecule has 0 saturated carbocycles. The molecular weight excluding hydrogens is 458 g/mol. The Hall–Kier alpha value is -3.16. The Morgan fingerprint density at radius 3 is 2.26 bits per heavy atom. The minimum absolute atomic E-state index is 0.0213. The van der Waals surface area contributed by atoms with Crippen molar-refractivity contribution >= 4 is 23.2 Å². The number of fused-ring (bicyclic) bond motifs is 1. The molecular formula is C28H31N3O3S. The van der Waals surface area contributed by atoms with Gasteiger partial charge in [-0.05, 0) is 47.5 Å². The maximum absolute atomic E-state index is 13.4. The van der Waals surface area contributed by atoms with Gasteiger partial charge in [-0.3, -0.25) is 14.5 Å². The molecule has 6 nitrogen and oxygen atoms in total. The number of ether oxygens (including phenoxy) is 1. The predicted molar refractivity (Wildman–Crippen MR) is 138 cm³/mol. The highest BCUT2D eigenvalue weighted by Gasteiger charge is 2.32. The molecule has 2 aromatic carbocycles. The number of amides is 2. The van der Waals surface area contributed by atoms with Crippen LogP contribution in [0.25, 0.3) is 0 Å². The molecule has 2 aliphatic heterocycles. The zero-order valence-corrected chi connectivity index (χ0v) is 20.7. The zero-order chi connectivity index (χ0) is 24.0. The van der Waals surface area contributed by atoms with Crippen molar-refractivity contribution in [2.45, 2.75) is 18.9 Å². The maximum atomic E-state index is 13.4. The first-order valence-corrected chi connectivity index (χ1v) is 13.2. The van der Waals surface area contributed by atoms with E-state index in [1.807, 2.05) is 57.5 Å². The van der Waals surface area contributed by atoms with Crippen LogP contribution in [-0.4, -0.2) is 72.4 Å². The summed E-state index contributed by atoms with van der Waals surface area (Å²) in [5.41, 5.74) is 2.55. The van der Waals surface area contributed by atoms with E-state index in [0.29, 0.717) is 38.5 Å². The molecule has 2 amide bonds. The lowest BCUT2D eigenvalue weighted by Crippen LogP contribution is -2.45. The van der Waals surface area contributed by atoms with Crippen molar-refractivity contribution in [3.05, 3.63) is 88.1 Å². The van der Waals surface area contributed by atoms with Gasteiger partial charge in [0.25, 0.3) is 5.91 Å². The van der Waals surface area contributed by atoms with E-state index in [9.17, 15) is 9.59 Å². The summed E-state index contributed by atoms with van der Waals surface area (Å²) < 4.78 is 5.63. The van der Waals surface area contributed by atoms with Crippen LogP contribution >= 0.6 is 11.3 Å². The molecule has 5 rings (SSSR count). The van der Waals surface area contributed by atoms with Crippen LogP contribution in [0.3, 0.4) is 0 Å². The molecule has 0 aliphatic carbocycles. The summed E-state index contributed by atoms with van der Waals surface area (Å²) in [4.78, 5) is 33.6. The van der Waals surface area contributed by atoms with E-state index in [4.69, 9.17) is 4.74 Å². The van der Waals surface area contributed by atoms with Gasteiger partial charge in [0, 0.05) is 37.6 Å². The van der Waals surface area contributed by atoms with E-state index in [0.717, 1.165) is 19.4 Å². The molecule has 0 unspecified atom stereocenters. The van der Waals surface area contributed by atoms with Crippen LogP contribution in [0.1, 0.15) is 28.5 Å². The molecule has 0 spiro atoms. The van der Waals surface area contributed by atoms with E-state index in [1.165, 1.54) is 16.0 Å². The van der Waals surface area contributed by atoms with E-state index in [-0.39, 0.29) is 24.5 Å². The molecule has 3 aromatic rings. The summed E-state index contributed by atoms with van der Waals surface area (Å²) in [7, 11) is 0. The van der Waals surface area contributed by atoms with Crippen LogP contribution < -0.4 is 4.74 Å². The second-order valence-corrected chi connectivity index (χ2v) is 10.1. The van der Waals surface area contributed by atoms with Crippen LogP contribution in [0, 0.1) is 0 Å². The van der Waals surface area contributed by atoms with Crippen LogP contribution in [0.5, 0.6) is 5.75 Å². The second-order valence-electron chi connectivity index (χ2n) is 9.05. The summed E-state index contributed by atoms with van der Waals surface area (Å²) in [6.07, 6.45) is 1.76. The lowest BCUT2D eigenvalue weighted by molar-refractivity contribution is -0.135. The van der Waals surface area contributed by atoms with E-state index in [2.05, 4.69) is 40.6 Å². The van der Waals surface area contributed by atoms with Crippen molar-refractivity contribution in [1.82, 2.24) is 14.7 Å². The zero-order valence-electron chi connectivity index (χ0n) is 19.8. The fourth-order valence-corrected chi connectivity index (χ4v) is 5.91. The number of carbonyl (C=O) groups is 2. The molecule has 0 bridgehead atoms. The first kappa shape index (κ1) is 23.6. The van der Waals surface area contributed by atoms with Crippen molar-refractivity contribution in [1.29, 1.82) is 0 Å². The molecule has 7 heteroatoms. The quantitative estimate of drug-likeness (QED) is 0.528. The van der Waals surface area contributed by atoms with Gasteiger partial charge in [0.05, 0.1) is 12.6 Å². The molecule has 1 fully saturated rings. The first-order chi connectivity index (χ1) is 17.2. The van der Waals surface area contributed by atoms with Gasteiger partial charge >= 0.3 is 0 Å². The Morgan fingerprint density at radius 2 is 1.51 bits per heavy atom. The highest BCUT2D eigenvalue weighted by atomic mass is 32.1. The Kier molecular flexibility index (Phi) is 7.45. The molecule has 2 aliphatic rings. The second kappa shape index (κ2) is 11.1. The van der Waals surface area contributed by atoms with Gasteiger partial charge in [-0.15, -0.1) is 11.3 Å². The fraction of sp³-hybridized carbons (Fsp3) is 0.357. The number of carbonyl (C=O) groups excluding carboxylic acids is 2. The molecule has 1 saturated heterocycles. The third-order valence-electron chi connectivity index (χ3n) is 6.83. The minimum Gasteiger partial charge on any atom is -0.484 e. The molecule has 35 heavy (non-hydrogen) atoms. The Balaban J connectivity index is 1.19. The summed E-state index contributed by atoms with van der Waals surface area (Å²) >= 11 is 1.81. The third-order valence-corrected chi connectivity index (χ3v) is 7.82. The molecule has 3 heterocycles. The predicted octanol–water partition coefficient (Wildman–Crippen LogP) is 3.84. The van der Waals surface area contributed by atoms with Crippen LogP contribution in [-0.2, 0) is 16.0 Å². The van der Waals surface area contributed by atoms with Crippen molar-refractivity contribution in [2.24, 2.45) is 0 Å². The fourth-order valence-electron chi connectivity index (χ4n) is 5.01. The standard InChI is InChI=1S/C28H31N3O3S/c32-26(20-31-16-12-25-24(13-19-35-25)28(31)22-8-3-1-4-9-22)29-14-7-15-30(18-17-29)27(33)21-34-23-10-5-2-6-11-23/h1-6,8-11,13,19,28H,7,12,14-18,20-21H2/t28-/m0/s1. The van der Waals surface area contributed by atoms with E-state index in [1.54, 1.807) is 0 Å². The van der Waals surface area contributed by atoms with Gasteiger partial charge in [-0.25, -0.2) is 0 Å². The van der Waals surface area contributed by atoms with E-state index >= 15 is 0 Å². The van der Waals surface area contributed by atoms with Crippen molar-refractivity contribution in [3.8, 4) is 5.75 Å². The van der Waals surface area contributed by atoms with Crippen molar-refractivity contribution in [3.63, 3.8) is 0 Å². The molecule has 0 radical (unpaired) electrons. The summed E-state index contributed by atoms with van der Waals surface area (Å²) in [5.74, 6) is 0.795. The number of benzene rings is 2. The van der Waals surface area contributed by atoms with Gasteiger partial charge in [0.15, 0.2) is 6.61 Å². The Bertz CT molecular complexity index is 1130. The Labute approximate surface area is 210 Å². The number of rotatable bonds is 6. The maximum Gasteiger partial charge on any atom is 0.260 e. The largest absolute Gasteiger partial charge is 0.484 e. The molecule has 1 atom stereocenters. The topological polar surface area (TPSA) is 53.1 Å². The van der Waals surface area contributed by atoms with Gasteiger partial charge < -0.3 is 14.5 Å². The highest BCUT2D eigenvalue weighted by molar-refractivity contribution is 7.10. The first-order valence-electron chi connectivity index (χ1n) is 12.3. The van der Waals surface area contributed by atoms with Crippen molar-refractivity contribution < 1.29 is 14.3 Å². The van der Waals surface area contributed by atoms with Gasteiger partial charge in [-0.2, -0.15) is 0 Å². The summed E-state index contributed by atoms with van der Waals surface area (Å²) in [6.45, 7) is 3.70. The average molecular weight is 490 g/mol. The number of hydrogen-bond donors (Lipinski definition) is 0. The number of para-hydroxylation sites is 1. The van der Waals surface area contributed by atoms with Gasteiger partial charge in [-0.1, -0.05) is 48.5 Å². The molecule has 1 aromatic heterocycles. The van der Waals surface area contributed by atoms with Gasteiger partial charge in [0.2, 0.25) is 5.91 Å². The smallest absolute Gasteiger partial charge is 0.260 e. The molecule has 0 N–H and O–H groups in total. The SMILES string of the molecule is O=C(COc1ccccc1)N1CCCN(C(=O)CN2CCc3sccc3[C@@H]2c2ccccc2)CC1. The Morgan fingerprint density at radius 1 is 0.829 bits per heavy atom. The highest BCUT2D eigenvalue weighted by Crippen LogP contribution is 2.37. The lowest BCUT2D eigenvalue weighted by atomic mass is 9.93.